The first-order chi connectivity index (χ1) is 15.9. The molecule has 0 saturated carbocycles. The highest BCUT2D eigenvalue weighted by Crippen LogP contribution is 2.49. The monoisotopic (exact) mass is 463 g/mol. The molecule has 0 aromatic carbocycles. The van der Waals surface area contributed by atoms with E-state index in [2.05, 4.69) is 61.2 Å². The maximum absolute atomic E-state index is 6.45. The lowest BCUT2D eigenvalue weighted by Crippen LogP contribution is -2.41. The zero-order valence-electron chi connectivity index (χ0n) is 20.2. The lowest BCUT2D eigenvalue weighted by Gasteiger charge is -2.33. The second-order valence-corrected chi connectivity index (χ2v) is 11.4. The number of rotatable bonds is 3. The maximum atomic E-state index is 6.45. The van der Waals surface area contributed by atoms with E-state index < -0.39 is 0 Å². The quantitative estimate of drug-likeness (QED) is 0.414. The van der Waals surface area contributed by atoms with Crippen molar-refractivity contribution in [2.45, 2.75) is 71.3 Å². The van der Waals surface area contributed by atoms with Crippen LogP contribution in [0.2, 0.25) is 0 Å². The molecular weight excluding hydrogens is 430 g/mol. The van der Waals surface area contributed by atoms with Crippen molar-refractivity contribution in [2.24, 2.45) is 0 Å². The Labute approximate surface area is 198 Å². The van der Waals surface area contributed by atoms with E-state index in [1.807, 2.05) is 15.9 Å². The van der Waals surface area contributed by atoms with Crippen LogP contribution >= 0.6 is 11.3 Å². The Hall–Kier alpha value is -2.22. The number of nitrogens with zero attached hydrogens (tertiary/aromatic N) is 3. The molecule has 1 spiro atoms. The molecule has 2 aliphatic rings. The van der Waals surface area contributed by atoms with Gasteiger partial charge < -0.3 is 15.0 Å². The van der Waals surface area contributed by atoms with Crippen molar-refractivity contribution in [3.63, 3.8) is 0 Å². The number of piperidine rings is 1. The van der Waals surface area contributed by atoms with E-state index in [4.69, 9.17) is 4.74 Å². The molecule has 174 valence electrons. The molecule has 0 amide bonds. The van der Waals surface area contributed by atoms with Gasteiger partial charge in [0, 0.05) is 27.9 Å². The van der Waals surface area contributed by atoms with Gasteiger partial charge in [-0.3, -0.25) is 0 Å². The molecule has 0 aliphatic carbocycles. The molecule has 4 aromatic heterocycles. The fraction of sp³-hybridized carbons (Fsp3) is 0.538. The highest BCUT2D eigenvalue weighted by Gasteiger charge is 2.42. The number of H-pyrrole nitrogens is 1. The molecule has 0 bridgehead atoms. The number of ether oxygens (including phenoxy) is 1. The molecule has 2 fully saturated rings. The Morgan fingerprint density at radius 3 is 2.70 bits per heavy atom. The van der Waals surface area contributed by atoms with Crippen LogP contribution in [0.5, 0.6) is 0 Å². The second kappa shape index (κ2) is 7.65. The van der Waals surface area contributed by atoms with E-state index in [-0.39, 0.29) is 5.60 Å². The van der Waals surface area contributed by atoms with Gasteiger partial charge in [0.1, 0.15) is 11.2 Å². The van der Waals surface area contributed by atoms with Gasteiger partial charge in [0.25, 0.3) is 0 Å². The van der Waals surface area contributed by atoms with Crippen molar-refractivity contribution in [3.8, 4) is 11.3 Å². The van der Waals surface area contributed by atoms with Crippen LogP contribution in [0.15, 0.2) is 12.5 Å². The Kier molecular flexibility index (Phi) is 4.94. The van der Waals surface area contributed by atoms with Gasteiger partial charge in [-0.25, -0.2) is 9.50 Å². The summed E-state index contributed by atoms with van der Waals surface area (Å²) >= 11 is 1.94. The van der Waals surface area contributed by atoms with Crippen LogP contribution in [0, 0.1) is 20.8 Å². The van der Waals surface area contributed by atoms with E-state index in [0.29, 0.717) is 11.8 Å². The number of aryl methyl sites for hydroxylation is 2. The van der Waals surface area contributed by atoms with E-state index in [1.54, 1.807) is 6.33 Å². The predicted octanol–water partition coefficient (Wildman–Crippen LogP) is 5.61. The summed E-state index contributed by atoms with van der Waals surface area (Å²) in [6.45, 7) is 14.3. The van der Waals surface area contributed by atoms with Gasteiger partial charge in [0.2, 0.25) is 0 Å². The molecule has 6 rings (SSSR count). The van der Waals surface area contributed by atoms with Crippen LogP contribution in [0.25, 0.3) is 27.1 Å². The normalized spacial score (nSPS) is 20.7. The summed E-state index contributed by atoms with van der Waals surface area (Å²) in [5.74, 6) is 0.921. The summed E-state index contributed by atoms with van der Waals surface area (Å²) in [4.78, 5) is 11.1. The minimum atomic E-state index is 0.0912. The fourth-order valence-corrected chi connectivity index (χ4v) is 7.44. The summed E-state index contributed by atoms with van der Waals surface area (Å²) in [5.41, 5.74) is 8.79. The third-order valence-corrected chi connectivity index (χ3v) is 9.40. The van der Waals surface area contributed by atoms with E-state index in [0.717, 1.165) is 44.6 Å². The molecule has 2 aliphatic heterocycles. The number of pyridine rings is 1. The van der Waals surface area contributed by atoms with Crippen molar-refractivity contribution in [1.29, 1.82) is 0 Å². The molecule has 1 atom stereocenters. The molecular formula is C26H33N5OS. The third-order valence-electron chi connectivity index (χ3n) is 8.03. The Morgan fingerprint density at radius 1 is 1.15 bits per heavy atom. The van der Waals surface area contributed by atoms with Gasteiger partial charge >= 0.3 is 0 Å². The summed E-state index contributed by atoms with van der Waals surface area (Å²) in [6, 6.07) is 0. The largest absolute Gasteiger partial charge is 0.374 e. The topological polar surface area (TPSA) is 67.2 Å². The number of hydrogen-bond donors (Lipinski definition) is 2. The average Bonchev–Trinajstić information content (AvgIpc) is 3.55. The minimum Gasteiger partial charge on any atom is -0.374 e. The van der Waals surface area contributed by atoms with Gasteiger partial charge in [-0.15, -0.1) is 11.3 Å². The highest BCUT2D eigenvalue weighted by atomic mass is 32.1. The van der Waals surface area contributed by atoms with Gasteiger partial charge in [0.15, 0.2) is 5.65 Å². The highest BCUT2D eigenvalue weighted by molar-refractivity contribution is 7.19. The van der Waals surface area contributed by atoms with Crippen LogP contribution < -0.4 is 5.32 Å². The summed E-state index contributed by atoms with van der Waals surface area (Å²) in [5, 5.41) is 9.33. The van der Waals surface area contributed by atoms with Crippen LogP contribution in [-0.4, -0.2) is 44.9 Å². The molecule has 0 unspecified atom stereocenters. The van der Waals surface area contributed by atoms with Crippen molar-refractivity contribution in [2.75, 3.05) is 19.7 Å². The Morgan fingerprint density at radius 2 is 1.94 bits per heavy atom. The molecule has 7 heteroatoms. The number of fused-ring (bicyclic) bond motifs is 2. The van der Waals surface area contributed by atoms with Crippen LogP contribution in [0.1, 0.15) is 72.1 Å². The first kappa shape index (κ1) is 21.3. The Bertz CT molecular complexity index is 1350. The summed E-state index contributed by atoms with van der Waals surface area (Å²) < 4.78 is 8.36. The average molecular weight is 464 g/mol. The number of thiophene rings is 1. The summed E-state index contributed by atoms with van der Waals surface area (Å²) in [7, 11) is 0. The lowest BCUT2D eigenvalue weighted by molar-refractivity contribution is -0.0192. The van der Waals surface area contributed by atoms with Gasteiger partial charge in [-0.2, -0.15) is 5.10 Å². The van der Waals surface area contributed by atoms with E-state index >= 15 is 0 Å². The molecule has 6 nitrogen and oxygen atoms in total. The van der Waals surface area contributed by atoms with Crippen molar-refractivity contribution in [1.82, 2.24) is 24.9 Å². The number of nitrogens with one attached hydrogen (secondary N) is 2. The second-order valence-electron chi connectivity index (χ2n) is 10.3. The molecule has 6 heterocycles. The molecule has 4 aromatic rings. The van der Waals surface area contributed by atoms with Crippen molar-refractivity contribution >= 4 is 27.2 Å². The Balaban J connectivity index is 1.46. The fourth-order valence-electron chi connectivity index (χ4n) is 6.13. The standard InChI is InChI=1S/C26H33N5OS/c1-14(2)20-21-17(5)23(18-10-26(32-12-18)6-8-27-9-7-26)33-25(21)30-22(20)19-11-31-24(28-13-29-31)16(4)15(19)3/h11,13-14,18,27,30H,6-10,12H2,1-5H3/t18-/m1/s1. The zero-order chi connectivity index (χ0) is 22.9. The van der Waals surface area contributed by atoms with Gasteiger partial charge in [-0.05, 0) is 81.3 Å². The van der Waals surface area contributed by atoms with Crippen LogP contribution in [0.4, 0.5) is 0 Å². The SMILES string of the molecule is Cc1c(-c2[nH]c3sc([C@H]4COC5(CCNCC5)C4)c(C)c3c2C(C)C)cn2ncnc2c1C. The molecule has 33 heavy (non-hydrogen) atoms. The first-order valence-corrected chi connectivity index (χ1v) is 13.0. The minimum absolute atomic E-state index is 0.0912. The molecule has 2 saturated heterocycles. The van der Waals surface area contributed by atoms with Crippen LogP contribution in [-0.2, 0) is 4.74 Å². The van der Waals surface area contributed by atoms with Gasteiger partial charge in [-0.1, -0.05) is 13.8 Å². The zero-order valence-corrected chi connectivity index (χ0v) is 21.0. The number of aromatic nitrogens is 4. The van der Waals surface area contributed by atoms with E-state index in [1.165, 1.54) is 48.6 Å². The van der Waals surface area contributed by atoms with Crippen molar-refractivity contribution in [3.05, 3.63) is 39.7 Å². The predicted molar refractivity (Wildman–Crippen MR) is 135 cm³/mol. The van der Waals surface area contributed by atoms with Crippen LogP contribution in [0.3, 0.4) is 0 Å². The maximum Gasteiger partial charge on any atom is 0.158 e. The molecule has 2 N–H and O–H groups in total. The summed E-state index contributed by atoms with van der Waals surface area (Å²) in [6.07, 6.45) is 7.20. The molecule has 0 radical (unpaired) electrons. The van der Waals surface area contributed by atoms with Crippen molar-refractivity contribution < 1.29 is 4.74 Å². The smallest absolute Gasteiger partial charge is 0.158 e. The number of hydrogen-bond acceptors (Lipinski definition) is 5. The van der Waals surface area contributed by atoms with Gasteiger partial charge in [0.05, 0.1) is 17.9 Å². The number of aromatic amines is 1. The third kappa shape index (κ3) is 3.20. The lowest BCUT2D eigenvalue weighted by atomic mass is 9.85. The van der Waals surface area contributed by atoms with E-state index in [9.17, 15) is 0 Å². The first-order valence-electron chi connectivity index (χ1n) is 12.2.